The van der Waals surface area contributed by atoms with E-state index in [0.29, 0.717) is 13.1 Å². The zero-order chi connectivity index (χ0) is 16.3. The number of benzene rings is 1. The van der Waals surface area contributed by atoms with E-state index in [0.717, 1.165) is 11.4 Å². The zero-order valence-corrected chi connectivity index (χ0v) is 13.5. The van der Waals surface area contributed by atoms with E-state index in [1.165, 1.54) is 0 Å². The lowest BCUT2D eigenvalue weighted by molar-refractivity contribution is -0.122. The molecule has 0 aliphatic carbocycles. The number of nitrogens with one attached hydrogen (secondary N) is 1. The van der Waals surface area contributed by atoms with Crippen LogP contribution in [0.1, 0.15) is 20.8 Å². The second kappa shape index (κ2) is 6.25. The van der Waals surface area contributed by atoms with Crippen molar-refractivity contribution in [2.75, 3.05) is 31.6 Å². The number of ether oxygens (including phenoxy) is 1. The lowest BCUT2D eigenvalue weighted by atomic mass is 10.1. The van der Waals surface area contributed by atoms with E-state index >= 15 is 0 Å². The minimum atomic E-state index is -0.296. The normalized spacial score (nSPS) is 15.2. The average Bonchev–Trinajstić information content (AvgIpc) is 2.78. The molecule has 1 fully saturated rings. The van der Waals surface area contributed by atoms with Gasteiger partial charge in [0, 0.05) is 24.3 Å². The van der Waals surface area contributed by atoms with Gasteiger partial charge >= 0.3 is 6.03 Å². The van der Waals surface area contributed by atoms with E-state index in [9.17, 15) is 9.59 Å². The lowest BCUT2D eigenvalue weighted by Gasteiger charge is -2.23. The van der Waals surface area contributed by atoms with Crippen LogP contribution in [-0.2, 0) is 4.79 Å². The van der Waals surface area contributed by atoms with Crippen LogP contribution in [0.3, 0.4) is 0 Å². The summed E-state index contributed by atoms with van der Waals surface area (Å²) >= 11 is 0. The van der Waals surface area contributed by atoms with Crippen LogP contribution in [0, 0.1) is 0 Å². The number of rotatable bonds is 4. The van der Waals surface area contributed by atoms with Crippen molar-refractivity contribution in [2.24, 2.45) is 0 Å². The number of amides is 3. The van der Waals surface area contributed by atoms with Crippen molar-refractivity contribution in [3.63, 3.8) is 0 Å². The number of methoxy groups -OCH3 is 1. The maximum absolute atomic E-state index is 12.4. The topological polar surface area (TPSA) is 61.9 Å². The Hall–Kier alpha value is -2.24. The molecule has 0 spiro atoms. The maximum atomic E-state index is 12.4. The van der Waals surface area contributed by atoms with Crippen LogP contribution in [0.25, 0.3) is 0 Å². The first kappa shape index (κ1) is 16.1. The predicted octanol–water partition coefficient (Wildman–Crippen LogP) is 1.85. The molecule has 0 unspecified atom stereocenters. The second-order valence-electron chi connectivity index (χ2n) is 6.35. The molecule has 1 aliphatic heterocycles. The smallest absolute Gasteiger partial charge is 0.325 e. The third kappa shape index (κ3) is 3.90. The molecule has 2 rings (SSSR count). The Balaban J connectivity index is 1.98. The van der Waals surface area contributed by atoms with Gasteiger partial charge in [0.2, 0.25) is 5.91 Å². The summed E-state index contributed by atoms with van der Waals surface area (Å²) in [5, 5.41) is 2.87. The third-order valence-electron chi connectivity index (χ3n) is 3.33. The third-order valence-corrected chi connectivity index (χ3v) is 3.33. The Morgan fingerprint density at radius 2 is 1.86 bits per heavy atom. The van der Waals surface area contributed by atoms with Crippen molar-refractivity contribution < 1.29 is 14.3 Å². The largest absolute Gasteiger partial charge is 0.497 e. The molecule has 0 radical (unpaired) electrons. The van der Waals surface area contributed by atoms with Gasteiger partial charge in [0.05, 0.1) is 7.11 Å². The quantitative estimate of drug-likeness (QED) is 0.923. The fraction of sp³-hybridized carbons (Fsp3) is 0.500. The molecule has 22 heavy (non-hydrogen) atoms. The number of anilines is 1. The Morgan fingerprint density at radius 1 is 1.23 bits per heavy atom. The number of hydrogen-bond acceptors (Lipinski definition) is 3. The Labute approximate surface area is 131 Å². The molecule has 3 amide bonds. The molecule has 0 aromatic heterocycles. The molecule has 0 atom stereocenters. The number of carbonyl (C=O) groups is 2. The van der Waals surface area contributed by atoms with E-state index < -0.39 is 0 Å². The highest BCUT2D eigenvalue weighted by Crippen LogP contribution is 2.23. The standard InChI is InChI=1S/C16H23N3O3/c1-16(2,3)17-14(20)11-18-9-10-19(15(18)21)12-5-7-13(22-4)8-6-12/h5-8H,9-11H2,1-4H3,(H,17,20). The summed E-state index contributed by atoms with van der Waals surface area (Å²) < 4.78 is 5.11. The van der Waals surface area contributed by atoms with Crippen LogP contribution in [0.2, 0.25) is 0 Å². The second-order valence-corrected chi connectivity index (χ2v) is 6.35. The summed E-state index contributed by atoms with van der Waals surface area (Å²) in [5.74, 6) is 0.606. The summed E-state index contributed by atoms with van der Waals surface area (Å²) in [6.45, 7) is 6.96. The molecular weight excluding hydrogens is 282 g/mol. The van der Waals surface area contributed by atoms with Crippen LogP contribution in [0.5, 0.6) is 5.75 Å². The molecule has 1 N–H and O–H groups in total. The molecule has 1 aliphatic rings. The minimum absolute atomic E-state index is 0.0861. The highest BCUT2D eigenvalue weighted by atomic mass is 16.5. The molecule has 0 bridgehead atoms. The number of hydrogen-bond donors (Lipinski definition) is 1. The molecule has 120 valence electrons. The van der Waals surface area contributed by atoms with Gasteiger partial charge in [-0.15, -0.1) is 0 Å². The number of urea groups is 1. The van der Waals surface area contributed by atoms with E-state index in [4.69, 9.17) is 4.74 Å². The molecular formula is C16H23N3O3. The molecule has 6 heteroatoms. The maximum Gasteiger partial charge on any atom is 0.325 e. The Bertz CT molecular complexity index is 549. The summed E-state index contributed by atoms with van der Waals surface area (Å²) in [5.41, 5.74) is 0.514. The zero-order valence-electron chi connectivity index (χ0n) is 13.5. The van der Waals surface area contributed by atoms with E-state index in [1.54, 1.807) is 16.9 Å². The Kier molecular flexibility index (Phi) is 4.59. The monoisotopic (exact) mass is 305 g/mol. The van der Waals surface area contributed by atoms with Gasteiger partial charge in [-0.2, -0.15) is 0 Å². The minimum Gasteiger partial charge on any atom is -0.497 e. The van der Waals surface area contributed by atoms with Crippen LogP contribution in [0.4, 0.5) is 10.5 Å². The molecule has 1 aromatic carbocycles. The first-order chi connectivity index (χ1) is 10.3. The first-order valence-corrected chi connectivity index (χ1v) is 7.32. The van der Waals surface area contributed by atoms with Gasteiger partial charge in [-0.3, -0.25) is 9.69 Å². The predicted molar refractivity (Wildman–Crippen MR) is 85.2 cm³/mol. The fourth-order valence-corrected chi connectivity index (χ4v) is 2.36. The van der Waals surface area contributed by atoms with Gasteiger partial charge in [0.25, 0.3) is 0 Å². The molecule has 1 aromatic rings. The van der Waals surface area contributed by atoms with Gasteiger partial charge in [-0.1, -0.05) is 0 Å². The summed E-state index contributed by atoms with van der Waals surface area (Å²) in [7, 11) is 1.60. The van der Waals surface area contributed by atoms with Crippen molar-refractivity contribution in [1.29, 1.82) is 0 Å². The van der Waals surface area contributed by atoms with E-state index in [1.807, 2.05) is 45.0 Å². The SMILES string of the molecule is COc1ccc(N2CCN(CC(=O)NC(C)(C)C)C2=O)cc1. The van der Waals surface area contributed by atoms with Crippen LogP contribution >= 0.6 is 0 Å². The fourth-order valence-electron chi connectivity index (χ4n) is 2.36. The van der Waals surface area contributed by atoms with E-state index in [-0.39, 0.29) is 24.0 Å². The van der Waals surface area contributed by atoms with Gasteiger partial charge in [0.15, 0.2) is 0 Å². The van der Waals surface area contributed by atoms with Crippen molar-refractivity contribution in [3.8, 4) is 5.75 Å². The van der Waals surface area contributed by atoms with Crippen molar-refractivity contribution in [1.82, 2.24) is 10.2 Å². The molecule has 1 saturated heterocycles. The highest BCUT2D eigenvalue weighted by Gasteiger charge is 2.31. The molecule has 6 nitrogen and oxygen atoms in total. The molecule has 1 heterocycles. The summed E-state index contributed by atoms with van der Waals surface area (Å²) in [6.07, 6.45) is 0. The van der Waals surface area contributed by atoms with Gasteiger partial charge in [-0.25, -0.2) is 4.79 Å². The van der Waals surface area contributed by atoms with Gasteiger partial charge < -0.3 is 15.0 Å². The van der Waals surface area contributed by atoms with Crippen molar-refractivity contribution >= 4 is 17.6 Å². The van der Waals surface area contributed by atoms with E-state index in [2.05, 4.69) is 5.32 Å². The lowest BCUT2D eigenvalue weighted by Crippen LogP contribution is -2.46. The summed E-state index contributed by atoms with van der Waals surface area (Å²) in [6, 6.07) is 7.18. The van der Waals surface area contributed by atoms with Crippen molar-refractivity contribution in [2.45, 2.75) is 26.3 Å². The summed E-state index contributed by atoms with van der Waals surface area (Å²) in [4.78, 5) is 27.6. The molecule has 0 saturated carbocycles. The van der Waals surface area contributed by atoms with Gasteiger partial charge in [-0.05, 0) is 45.0 Å². The number of nitrogens with zero attached hydrogens (tertiary/aromatic N) is 2. The Morgan fingerprint density at radius 3 is 2.41 bits per heavy atom. The average molecular weight is 305 g/mol. The van der Waals surface area contributed by atoms with Crippen LogP contribution in [-0.4, -0.2) is 49.1 Å². The van der Waals surface area contributed by atoms with Crippen LogP contribution in [0.15, 0.2) is 24.3 Å². The van der Waals surface area contributed by atoms with Gasteiger partial charge in [0.1, 0.15) is 12.3 Å². The van der Waals surface area contributed by atoms with Crippen LogP contribution < -0.4 is 15.0 Å². The van der Waals surface area contributed by atoms with Crippen molar-refractivity contribution in [3.05, 3.63) is 24.3 Å². The number of carbonyl (C=O) groups excluding carboxylic acids is 2. The highest BCUT2D eigenvalue weighted by molar-refractivity contribution is 5.96. The first-order valence-electron chi connectivity index (χ1n) is 7.32.